The van der Waals surface area contributed by atoms with E-state index in [1.165, 1.54) is 0 Å². The highest BCUT2D eigenvalue weighted by molar-refractivity contribution is 6.35. The Morgan fingerprint density at radius 1 is 1.07 bits per heavy atom. The topological polar surface area (TPSA) is 148 Å². The Balaban J connectivity index is 1.58. The first-order valence-corrected chi connectivity index (χ1v) is 13.3. The number of aromatic amines is 1. The van der Waals surface area contributed by atoms with Gasteiger partial charge in [0, 0.05) is 30.0 Å². The van der Waals surface area contributed by atoms with E-state index in [4.69, 9.17) is 14.2 Å². The molecule has 0 spiro atoms. The van der Waals surface area contributed by atoms with E-state index in [0.29, 0.717) is 41.2 Å². The van der Waals surface area contributed by atoms with Gasteiger partial charge in [-0.1, -0.05) is 6.07 Å². The van der Waals surface area contributed by atoms with E-state index in [1.54, 1.807) is 58.9 Å². The average Bonchev–Trinajstić information content (AvgIpc) is 3.40. The minimum absolute atomic E-state index is 0.192. The quantitative estimate of drug-likeness (QED) is 0.188. The van der Waals surface area contributed by atoms with Crippen molar-refractivity contribution < 1.29 is 33.4 Å². The number of fused-ring (bicyclic) bond motifs is 1. The van der Waals surface area contributed by atoms with Crippen LogP contribution in [0.25, 0.3) is 11.6 Å². The molecule has 1 aliphatic rings. The first-order valence-electron chi connectivity index (χ1n) is 13.3. The van der Waals surface area contributed by atoms with Crippen LogP contribution in [0.3, 0.4) is 0 Å². The average molecular weight is 555 g/mol. The zero-order valence-electron chi connectivity index (χ0n) is 23.9. The van der Waals surface area contributed by atoms with Crippen LogP contribution < -0.4 is 16.0 Å². The molecule has 40 heavy (non-hydrogen) atoms. The summed E-state index contributed by atoms with van der Waals surface area (Å²) in [5.41, 5.74) is 3.40. The Morgan fingerprint density at radius 2 is 1.77 bits per heavy atom. The minimum Gasteiger partial charge on any atom is -0.462 e. The zero-order chi connectivity index (χ0) is 29.4. The molecule has 216 valence electrons. The van der Waals surface area contributed by atoms with Crippen molar-refractivity contribution in [1.29, 1.82) is 0 Å². The van der Waals surface area contributed by atoms with Gasteiger partial charge in [0.2, 0.25) is 5.91 Å². The van der Waals surface area contributed by atoms with Crippen LogP contribution >= 0.6 is 0 Å². The van der Waals surface area contributed by atoms with Crippen molar-refractivity contribution in [2.45, 2.75) is 53.1 Å². The van der Waals surface area contributed by atoms with E-state index in [0.717, 1.165) is 11.3 Å². The third-order valence-corrected chi connectivity index (χ3v) is 5.95. The lowest BCUT2D eigenvalue weighted by Gasteiger charge is -2.19. The van der Waals surface area contributed by atoms with Gasteiger partial charge in [-0.3, -0.25) is 9.59 Å². The molecule has 0 bridgehead atoms. The summed E-state index contributed by atoms with van der Waals surface area (Å²) >= 11 is 0. The van der Waals surface area contributed by atoms with E-state index in [9.17, 15) is 19.2 Å². The lowest BCUT2D eigenvalue weighted by molar-refractivity contribution is -0.122. The van der Waals surface area contributed by atoms with Crippen molar-refractivity contribution in [3.8, 4) is 0 Å². The molecule has 0 radical (unpaired) electrons. The van der Waals surface area contributed by atoms with Gasteiger partial charge in [-0.15, -0.1) is 0 Å². The third-order valence-electron chi connectivity index (χ3n) is 5.95. The summed E-state index contributed by atoms with van der Waals surface area (Å²) in [6.07, 6.45) is 1.12. The molecule has 0 unspecified atom stereocenters. The molecule has 0 aliphatic carbocycles. The molecule has 3 amide bonds. The normalized spacial score (nSPS) is 14.3. The lowest BCUT2D eigenvalue weighted by Crippen LogP contribution is -2.35. The molecule has 1 aliphatic heterocycles. The fourth-order valence-corrected chi connectivity index (χ4v) is 4.06. The summed E-state index contributed by atoms with van der Waals surface area (Å²) in [4.78, 5) is 52.7. The number of aromatic nitrogens is 1. The lowest BCUT2D eigenvalue weighted by atomic mass is 9.95. The van der Waals surface area contributed by atoms with E-state index in [-0.39, 0.29) is 31.6 Å². The number of ether oxygens (including phenoxy) is 3. The SMILES string of the molecule is CCOC(=O)c1cc(C)[nH]c1/C=C1\C(=O)Nc2ccc([C@@H](C)C(=O)NCCOCCNC(=O)OC(C)(C)C)cc21. The molecule has 1 aromatic heterocycles. The van der Waals surface area contributed by atoms with Crippen LogP contribution in [0.1, 0.15) is 73.4 Å². The van der Waals surface area contributed by atoms with Gasteiger partial charge >= 0.3 is 12.1 Å². The molecule has 0 saturated heterocycles. The maximum absolute atomic E-state index is 12.8. The van der Waals surface area contributed by atoms with Crippen LogP contribution in [0.15, 0.2) is 24.3 Å². The number of rotatable bonds is 11. The predicted molar refractivity (Wildman–Crippen MR) is 151 cm³/mol. The van der Waals surface area contributed by atoms with Gasteiger partial charge < -0.3 is 35.1 Å². The van der Waals surface area contributed by atoms with Crippen LogP contribution in [-0.2, 0) is 23.8 Å². The van der Waals surface area contributed by atoms with Gasteiger partial charge in [-0.25, -0.2) is 9.59 Å². The van der Waals surface area contributed by atoms with Gasteiger partial charge in [-0.05, 0) is 71.4 Å². The highest BCUT2D eigenvalue weighted by Crippen LogP contribution is 2.36. The summed E-state index contributed by atoms with van der Waals surface area (Å²) in [7, 11) is 0. The smallest absolute Gasteiger partial charge is 0.407 e. The molecule has 0 saturated carbocycles. The second-order valence-electron chi connectivity index (χ2n) is 10.4. The number of amides is 3. The first kappa shape index (κ1) is 30.4. The third kappa shape index (κ3) is 8.19. The number of hydrogen-bond donors (Lipinski definition) is 4. The zero-order valence-corrected chi connectivity index (χ0v) is 23.9. The minimum atomic E-state index is -0.566. The second kappa shape index (κ2) is 13.3. The van der Waals surface area contributed by atoms with Crippen LogP contribution in [-0.4, -0.2) is 67.4 Å². The number of esters is 1. The highest BCUT2D eigenvalue weighted by atomic mass is 16.6. The van der Waals surface area contributed by atoms with Crippen molar-refractivity contribution in [3.05, 3.63) is 52.3 Å². The number of anilines is 1. The molecule has 2 heterocycles. The number of nitrogens with one attached hydrogen (secondary N) is 4. The van der Waals surface area contributed by atoms with E-state index in [2.05, 4.69) is 20.9 Å². The standard InChI is InChI=1S/C29H38N4O7/c1-7-39-27(36)22-14-17(2)32-24(22)16-21-20-15-19(8-9-23(20)33-26(21)35)18(3)25(34)30-10-12-38-13-11-31-28(37)40-29(4,5)6/h8-9,14-16,18,32H,7,10-13H2,1-6H3,(H,30,34)(H,31,37)(H,33,35)/b21-16-/t18-/m1/s1. The molecular formula is C29H38N4O7. The number of carbonyl (C=O) groups excluding carboxylic acids is 4. The second-order valence-corrected chi connectivity index (χ2v) is 10.4. The van der Waals surface area contributed by atoms with Crippen LogP contribution in [0.4, 0.5) is 10.5 Å². The summed E-state index contributed by atoms with van der Waals surface area (Å²) < 4.78 is 15.8. The molecule has 0 fully saturated rings. The number of hydrogen-bond acceptors (Lipinski definition) is 7. The molecular weight excluding hydrogens is 516 g/mol. The van der Waals surface area contributed by atoms with Crippen molar-refractivity contribution in [2.24, 2.45) is 0 Å². The number of aryl methyl sites for hydroxylation is 1. The Morgan fingerprint density at radius 3 is 2.45 bits per heavy atom. The Bertz CT molecular complexity index is 1290. The molecule has 2 aromatic rings. The molecule has 11 nitrogen and oxygen atoms in total. The van der Waals surface area contributed by atoms with Crippen LogP contribution in [0.2, 0.25) is 0 Å². The molecule has 1 atom stereocenters. The Hall–Kier alpha value is -4.12. The van der Waals surface area contributed by atoms with Crippen molar-refractivity contribution in [1.82, 2.24) is 15.6 Å². The van der Waals surface area contributed by atoms with Gasteiger partial charge in [0.25, 0.3) is 5.91 Å². The van der Waals surface area contributed by atoms with Crippen molar-refractivity contribution >= 4 is 41.2 Å². The largest absolute Gasteiger partial charge is 0.462 e. The van der Waals surface area contributed by atoms with Crippen LogP contribution in [0, 0.1) is 6.92 Å². The number of alkyl carbamates (subject to hydrolysis) is 1. The fourth-order valence-electron chi connectivity index (χ4n) is 4.06. The van der Waals surface area contributed by atoms with Crippen molar-refractivity contribution in [2.75, 3.05) is 38.2 Å². The molecule has 4 N–H and O–H groups in total. The number of H-pyrrole nitrogens is 1. The summed E-state index contributed by atoms with van der Waals surface area (Å²) in [5, 5.41) is 8.28. The Labute approximate surface area is 234 Å². The van der Waals surface area contributed by atoms with Gasteiger partial charge in [0.05, 0.1) is 42.6 Å². The van der Waals surface area contributed by atoms with Gasteiger partial charge in [-0.2, -0.15) is 0 Å². The summed E-state index contributed by atoms with van der Waals surface area (Å²) in [5.74, 6) is -1.45. The number of carbonyl (C=O) groups is 4. The van der Waals surface area contributed by atoms with Crippen molar-refractivity contribution in [3.63, 3.8) is 0 Å². The molecule has 3 rings (SSSR count). The fraction of sp³-hybridized carbons (Fsp3) is 0.448. The van der Waals surface area contributed by atoms with Gasteiger partial charge in [0.1, 0.15) is 5.60 Å². The first-order chi connectivity index (χ1) is 18.9. The van der Waals surface area contributed by atoms with Crippen LogP contribution in [0.5, 0.6) is 0 Å². The maximum atomic E-state index is 12.8. The molecule has 1 aromatic carbocycles. The number of benzene rings is 1. The van der Waals surface area contributed by atoms with E-state index >= 15 is 0 Å². The highest BCUT2D eigenvalue weighted by Gasteiger charge is 2.27. The predicted octanol–water partition coefficient (Wildman–Crippen LogP) is 3.75. The molecule has 11 heteroatoms. The maximum Gasteiger partial charge on any atom is 0.407 e. The van der Waals surface area contributed by atoms with E-state index < -0.39 is 23.6 Å². The van der Waals surface area contributed by atoms with E-state index in [1.807, 2.05) is 13.0 Å². The summed E-state index contributed by atoms with van der Waals surface area (Å²) in [6, 6.07) is 7.05. The van der Waals surface area contributed by atoms with Gasteiger partial charge in [0.15, 0.2) is 0 Å². The Kier molecular flexibility index (Phi) is 10.1. The summed E-state index contributed by atoms with van der Waals surface area (Å²) in [6.45, 7) is 12.1. The monoisotopic (exact) mass is 554 g/mol.